The molecule has 2 unspecified atom stereocenters. The molecule has 2 aliphatic carbocycles. The van der Waals surface area contributed by atoms with Crippen LogP contribution in [0.2, 0.25) is 13.1 Å². The molecule has 0 amide bonds. The maximum Gasteiger partial charge on any atom is 4.00 e. The van der Waals surface area contributed by atoms with E-state index in [-0.39, 0.29) is 51.0 Å². The normalized spacial score (nSPS) is 21.1. The Labute approximate surface area is 185 Å². The van der Waals surface area contributed by atoms with E-state index in [0.29, 0.717) is 11.8 Å². The van der Waals surface area contributed by atoms with Crippen LogP contribution in [0.1, 0.15) is 55.4 Å². The number of hydrogen-bond donors (Lipinski definition) is 0. The molecule has 0 nitrogen and oxygen atoms in total. The Hall–Kier alpha value is 0.640. The van der Waals surface area contributed by atoms with Crippen LogP contribution >= 0.6 is 0 Å². The van der Waals surface area contributed by atoms with Crippen LogP contribution in [-0.2, 0) is 26.2 Å². The molecule has 2 atom stereocenters. The topological polar surface area (TPSA) is 0 Å². The van der Waals surface area contributed by atoms with Gasteiger partial charge >= 0.3 is 26.2 Å². The van der Waals surface area contributed by atoms with E-state index in [1.165, 1.54) is 33.4 Å². The predicted molar refractivity (Wildman–Crippen MR) is 98.8 cm³/mol. The van der Waals surface area contributed by atoms with Crippen LogP contribution in [0.5, 0.6) is 0 Å². The zero-order valence-electron chi connectivity index (χ0n) is 17.0. The Morgan fingerprint density at radius 1 is 0.667 bits per heavy atom. The van der Waals surface area contributed by atoms with E-state index >= 15 is 0 Å². The van der Waals surface area contributed by atoms with Crippen molar-refractivity contribution in [1.29, 1.82) is 0 Å². The van der Waals surface area contributed by atoms with Crippen LogP contribution in [0.25, 0.3) is 0 Å². The molecule has 0 fully saturated rings. The first-order valence-corrected chi connectivity index (χ1v) is 10.3. The van der Waals surface area contributed by atoms with E-state index < -0.39 is 0 Å². The summed E-state index contributed by atoms with van der Waals surface area (Å²) in [6.07, 6.45) is 6.72. The minimum Gasteiger partial charge on any atom is -1.00 e. The van der Waals surface area contributed by atoms with Crippen molar-refractivity contribution < 1.29 is 51.0 Å². The molecule has 1 radical (unpaired) electrons. The number of rotatable bonds is 0. The summed E-state index contributed by atoms with van der Waals surface area (Å²) >= 11 is 0. The quantitative estimate of drug-likeness (QED) is 0.350. The monoisotopic (exact) mass is 461 g/mol. The van der Waals surface area contributed by atoms with E-state index in [1.54, 1.807) is 0 Å². The first kappa shape index (κ1) is 32.3. The molecule has 4 heteroatoms. The predicted octanol–water partition coefficient (Wildman–Crippen LogP) is -0.0314. The molecule has 0 aromatic carbocycles. The van der Waals surface area contributed by atoms with Crippen molar-refractivity contribution >= 4 is 9.52 Å². The van der Waals surface area contributed by atoms with Crippen molar-refractivity contribution in [2.24, 2.45) is 11.8 Å². The molecule has 0 aliphatic heterocycles. The largest absolute Gasteiger partial charge is 4.00 e. The molecule has 0 spiro atoms. The molecule has 135 valence electrons. The van der Waals surface area contributed by atoms with Gasteiger partial charge in [-0.25, -0.2) is 11.1 Å². The van der Waals surface area contributed by atoms with Gasteiger partial charge in [-0.15, -0.1) is 13.8 Å². The SMILES string of the molecule is CC1=[C-]C(C)C(C)=C1C.CC1=[C-]C(C)C(C)=C1C.C[SiH]C.[Cl-].[Cl-].[Zr+4]. The summed E-state index contributed by atoms with van der Waals surface area (Å²) in [6, 6.07) is 0. The zero-order valence-corrected chi connectivity index (χ0v) is 22.1. The Morgan fingerprint density at radius 2 is 0.875 bits per heavy atom. The van der Waals surface area contributed by atoms with Crippen molar-refractivity contribution in [3.8, 4) is 0 Å². The van der Waals surface area contributed by atoms with Gasteiger partial charge in [-0.05, 0) is 0 Å². The van der Waals surface area contributed by atoms with Crippen LogP contribution in [-0.4, -0.2) is 9.52 Å². The summed E-state index contributed by atoms with van der Waals surface area (Å²) in [5, 5.41) is 0. The van der Waals surface area contributed by atoms with Crippen LogP contribution < -0.4 is 24.8 Å². The van der Waals surface area contributed by atoms with E-state index in [4.69, 9.17) is 0 Å². The van der Waals surface area contributed by atoms with Gasteiger partial charge in [-0.1, -0.05) is 66.5 Å². The third-order valence-electron chi connectivity index (χ3n) is 4.47. The molecular weight excluding hydrogens is 430 g/mol. The molecular formula is C20H33Cl2SiZr. The van der Waals surface area contributed by atoms with Crippen LogP contribution in [0.15, 0.2) is 33.4 Å². The summed E-state index contributed by atoms with van der Waals surface area (Å²) in [7, 11) is 0.750. The Balaban J connectivity index is -0.000000130. The van der Waals surface area contributed by atoms with Gasteiger partial charge in [0, 0.05) is 9.52 Å². The van der Waals surface area contributed by atoms with Gasteiger partial charge in [0.1, 0.15) is 0 Å². The fraction of sp³-hybridized carbons (Fsp3) is 0.600. The maximum absolute atomic E-state index is 3.36. The molecule has 0 saturated carbocycles. The van der Waals surface area contributed by atoms with Gasteiger partial charge < -0.3 is 24.8 Å². The van der Waals surface area contributed by atoms with E-state index in [9.17, 15) is 0 Å². The van der Waals surface area contributed by atoms with E-state index in [1.807, 2.05) is 0 Å². The van der Waals surface area contributed by atoms with Gasteiger partial charge in [0.25, 0.3) is 0 Å². The van der Waals surface area contributed by atoms with Gasteiger partial charge in [0.05, 0.1) is 0 Å². The molecule has 0 N–H and O–H groups in total. The van der Waals surface area contributed by atoms with Gasteiger partial charge in [-0.2, -0.15) is 22.3 Å². The van der Waals surface area contributed by atoms with Gasteiger partial charge in [-0.3, -0.25) is 12.2 Å². The molecule has 24 heavy (non-hydrogen) atoms. The van der Waals surface area contributed by atoms with E-state index in [0.717, 1.165) is 9.52 Å². The molecule has 0 aromatic heterocycles. The van der Waals surface area contributed by atoms with E-state index in [2.05, 4.69) is 80.6 Å². The zero-order chi connectivity index (χ0) is 16.7. The first-order valence-electron chi connectivity index (χ1n) is 7.96. The summed E-state index contributed by atoms with van der Waals surface area (Å²) in [5.74, 6) is 1.12. The minimum atomic E-state index is 0. The second kappa shape index (κ2) is 15.9. The molecule has 2 rings (SSSR count). The van der Waals surface area contributed by atoms with Crippen LogP contribution in [0.4, 0.5) is 0 Å². The average Bonchev–Trinajstić information content (AvgIpc) is 2.77. The molecule has 0 bridgehead atoms. The molecule has 0 saturated heterocycles. The minimum absolute atomic E-state index is 0. The van der Waals surface area contributed by atoms with Crippen LogP contribution in [0, 0.1) is 24.0 Å². The smallest absolute Gasteiger partial charge is 1.00 e. The second-order valence-electron chi connectivity index (χ2n) is 6.18. The fourth-order valence-corrected chi connectivity index (χ4v) is 2.32. The van der Waals surface area contributed by atoms with Crippen molar-refractivity contribution in [1.82, 2.24) is 0 Å². The van der Waals surface area contributed by atoms with Crippen LogP contribution in [0.3, 0.4) is 0 Å². The average molecular weight is 464 g/mol. The molecule has 0 heterocycles. The summed E-state index contributed by atoms with van der Waals surface area (Å²) in [5.41, 5.74) is 8.49. The fourth-order valence-electron chi connectivity index (χ4n) is 2.32. The standard InChI is InChI=1S/2C9H13.C2H7Si.2ClH.Zr/c2*1-6-5-7(2)9(4)8(6)3;1-3-2;;;/h2*6H,1-4H3;3H,1-2H3;2*1H;/q2*-1;;;;+4/p-2. The molecule has 0 aromatic rings. The summed E-state index contributed by atoms with van der Waals surface area (Å²) in [6.45, 7) is 21.8. The van der Waals surface area contributed by atoms with Crippen molar-refractivity contribution in [3.05, 3.63) is 45.6 Å². The third kappa shape index (κ3) is 9.95. The maximum atomic E-state index is 3.36. The second-order valence-corrected chi connectivity index (χ2v) is 7.33. The summed E-state index contributed by atoms with van der Waals surface area (Å²) in [4.78, 5) is 0. The van der Waals surface area contributed by atoms with Crippen molar-refractivity contribution in [3.63, 3.8) is 0 Å². The number of allylic oxidation sites excluding steroid dienone is 8. The van der Waals surface area contributed by atoms with Crippen molar-refractivity contribution in [2.75, 3.05) is 0 Å². The number of hydrogen-bond acceptors (Lipinski definition) is 0. The summed E-state index contributed by atoms with van der Waals surface area (Å²) < 4.78 is 0. The first-order chi connectivity index (χ1) is 9.67. The number of halogens is 2. The Morgan fingerprint density at radius 3 is 0.917 bits per heavy atom. The van der Waals surface area contributed by atoms with Crippen molar-refractivity contribution in [2.45, 2.75) is 68.5 Å². The Kier molecular flexibility index (Phi) is 21.4. The third-order valence-corrected chi connectivity index (χ3v) is 4.47. The van der Waals surface area contributed by atoms with Gasteiger partial charge in [0.2, 0.25) is 0 Å². The Bertz CT molecular complexity index is 444. The van der Waals surface area contributed by atoms with Gasteiger partial charge in [0.15, 0.2) is 0 Å². The molecule has 2 aliphatic rings.